The second-order valence-corrected chi connectivity index (χ2v) is 6.29. The highest BCUT2D eigenvalue weighted by molar-refractivity contribution is 4.87. The van der Waals surface area contributed by atoms with Crippen molar-refractivity contribution in [3.63, 3.8) is 0 Å². The van der Waals surface area contributed by atoms with E-state index in [0.29, 0.717) is 5.41 Å². The Morgan fingerprint density at radius 2 is 1.78 bits per heavy atom. The Balaban J connectivity index is 2.39. The van der Waals surface area contributed by atoms with Crippen LogP contribution in [0.2, 0.25) is 0 Å². The van der Waals surface area contributed by atoms with Crippen LogP contribution in [0.1, 0.15) is 65.2 Å². The van der Waals surface area contributed by atoms with Crippen molar-refractivity contribution in [2.24, 2.45) is 5.41 Å². The molecule has 1 aliphatic carbocycles. The summed E-state index contributed by atoms with van der Waals surface area (Å²) in [4.78, 5) is 2.58. The van der Waals surface area contributed by atoms with E-state index in [9.17, 15) is 0 Å². The number of hydrogen-bond donors (Lipinski definition) is 1. The largest absolute Gasteiger partial charge is 0.316 e. The first-order chi connectivity index (χ1) is 8.72. The van der Waals surface area contributed by atoms with Crippen LogP contribution in [0.3, 0.4) is 0 Å². The average Bonchev–Trinajstić information content (AvgIpc) is 2.38. The maximum atomic E-state index is 3.60. The highest BCUT2D eigenvalue weighted by Crippen LogP contribution is 2.36. The van der Waals surface area contributed by atoms with Gasteiger partial charge < -0.3 is 10.2 Å². The average molecular weight is 254 g/mol. The molecule has 0 aromatic carbocycles. The first kappa shape index (κ1) is 16.0. The molecule has 0 bridgehead atoms. The minimum absolute atomic E-state index is 0.565. The van der Waals surface area contributed by atoms with Crippen LogP contribution in [0.4, 0.5) is 0 Å². The van der Waals surface area contributed by atoms with Crippen molar-refractivity contribution in [1.29, 1.82) is 0 Å². The maximum absolute atomic E-state index is 3.60. The Labute approximate surface area is 115 Å². The summed E-state index contributed by atoms with van der Waals surface area (Å²) < 4.78 is 0. The van der Waals surface area contributed by atoms with Crippen LogP contribution in [0.25, 0.3) is 0 Å². The van der Waals surface area contributed by atoms with Gasteiger partial charge in [0.15, 0.2) is 0 Å². The molecule has 2 nitrogen and oxygen atoms in total. The van der Waals surface area contributed by atoms with Crippen LogP contribution in [0.5, 0.6) is 0 Å². The molecule has 108 valence electrons. The van der Waals surface area contributed by atoms with Crippen molar-refractivity contribution in [3.8, 4) is 0 Å². The molecular weight excluding hydrogens is 220 g/mol. The number of unbranched alkanes of at least 4 members (excludes halogenated alkanes) is 2. The van der Waals surface area contributed by atoms with Gasteiger partial charge in [-0.1, -0.05) is 46.0 Å². The first-order valence-corrected chi connectivity index (χ1v) is 8.12. The Bertz CT molecular complexity index is 197. The molecule has 0 aromatic rings. The molecule has 0 spiro atoms. The lowest BCUT2D eigenvalue weighted by Gasteiger charge is -2.40. The summed E-state index contributed by atoms with van der Waals surface area (Å²) in [5.41, 5.74) is 0.565. The molecule has 1 saturated carbocycles. The fraction of sp³-hybridized carbons (Fsp3) is 1.00. The van der Waals surface area contributed by atoms with Gasteiger partial charge in [-0.05, 0) is 44.8 Å². The Hall–Kier alpha value is -0.0800. The van der Waals surface area contributed by atoms with Gasteiger partial charge in [-0.3, -0.25) is 0 Å². The molecular formula is C16H34N2. The smallest absolute Gasteiger partial charge is 0.00471 e. The van der Waals surface area contributed by atoms with Crippen molar-refractivity contribution in [2.75, 3.05) is 33.2 Å². The van der Waals surface area contributed by atoms with E-state index in [4.69, 9.17) is 0 Å². The van der Waals surface area contributed by atoms with Gasteiger partial charge in [-0.2, -0.15) is 0 Å². The van der Waals surface area contributed by atoms with Gasteiger partial charge in [0.05, 0.1) is 0 Å². The lowest BCUT2D eigenvalue weighted by atomic mass is 9.73. The number of nitrogens with one attached hydrogen (secondary N) is 1. The van der Waals surface area contributed by atoms with Crippen LogP contribution in [-0.4, -0.2) is 38.1 Å². The molecule has 1 N–H and O–H groups in total. The fourth-order valence-corrected chi connectivity index (χ4v) is 3.37. The third kappa shape index (κ3) is 5.71. The summed E-state index contributed by atoms with van der Waals surface area (Å²) in [5.74, 6) is 0. The van der Waals surface area contributed by atoms with Crippen LogP contribution in [-0.2, 0) is 0 Å². The van der Waals surface area contributed by atoms with Crippen LogP contribution in [0, 0.1) is 5.41 Å². The van der Waals surface area contributed by atoms with E-state index in [1.807, 2.05) is 0 Å². The van der Waals surface area contributed by atoms with Crippen molar-refractivity contribution in [2.45, 2.75) is 65.2 Å². The van der Waals surface area contributed by atoms with E-state index in [1.54, 1.807) is 0 Å². The molecule has 0 saturated heterocycles. The van der Waals surface area contributed by atoms with Gasteiger partial charge in [0.25, 0.3) is 0 Å². The molecule has 2 heteroatoms. The zero-order valence-corrected chi connectivity index (χ0v) is 12.9. The molecule has 0 aromatic heterocycles. The minimum atomic E-state index is 0.565. The number of rotatable bonds is 9. The second-order valence-electron chi connectivity index (χ2n) is 6.29. The minimum Gasteiger partial charge on any atom is -0.316 e. The van der Waals surface area contributed by atoms with Crippen LogP contribution < -0.4 is 5.32 Å². The summed E-state index contributed by atoms with van der Waals surface area (Å²) >= 11 is 0. The quantitative estimate of drug-likeness (QED) is 0.632. The second kappa shape index (κ2) is 8.92. The number of nitrogens with zero attached hydrogens (tertiary/aromatic N) is 1. The molecule has 1 fully saturated rings. The zero-order valence-electron chi connectivity index (χ0n) is 12.9. The highest BCUT2D eigenvalue weighted by Gasteiger charge is 2.32. The Morgan fingerprint density at radius 3 is 2.39 bits per heavy atom. The van der Waals surface area contributed by atoms with Gasteiger partial charge in [-0.15, -0.1) is 0 Å². The molecule has 0 atom stereocenters. The van der Waals surface area contributed by atoms with Gasteiger partial charge in [0, 0.05) is 13.1 Å². The normalized spacial score (nSPS) is 19.3. The summed E-state index contributed by atoms with van der Waals surface area (Å²) in [6.45, 7) is 9.42. The van der Waals surface area contributed by atoms with Gasteiger partial charge in [0.1, 0.15) is 0 Å². The van der Waals surface area contributed by atoms with Gasteiger partial charge in [-0.25, -0.2) is 0 Å². The molecule has 0 radical (unpaired) electrons. The van der Waals surface area contributed by atoms with E-state index in [0.717, 1.165) is 6.54 Å². The van der Waals surface area contributed by atoms with Crippen molar-refractivity contribution >= 4 is 0 Å². The number of hydrogen-bond acceptors (Lipinski definition) is 2. The fourth-order valence-electron chi connectivity index (χ4n) is 3.37. The third-order valence-corrected chi connectivity index (χ3v) is 4.41. The van der Waals surface area contributed by atoms with Crippen molar-refractivity contribution < 1.29 is 0 Å². The highest BCUT2D eigenvalue weighted by atomic mass is 15.1. The summed E-state index contributed by atoms with van der Waals surface area (Å²) in [6, 6.07) is 0. The van der Waals surface area contributed by atoms with E-state index >= 15 is 0 Å². The lowest BCUT2D eigenvalue weighted by molar-refractivity contribution is 0.117. The molecule has 0 unspecified atom stereocenters. The summed E-state index contributed by atoms with van der Waals surface area (Å²) in [5, 5.41) is 3.60. The third-order valence-electron chi connectivity index (χ3n) is 4.41. The lowest BCUT2D eigenvalue weighted by Crippen LogP contribution is -2.44. The van der Waals surface area contributed by atoms with E-state index < -0.39 is 0 Å². The zero-order chi connectivity index (χ0) is 13.3. The van der Waals surface area contributed by atoms with Crippen molar-refractivity contribution in [3.05, 3.63) is 0 Å². The van der Waals surface area contributed by atoms with Crippen molar-refractivity contribution in [1.82, 2.24) is 10.2 Å². The molecule has 1 aliphatic rings. The standard InChI is InChI=1S/C16H34N2/c1-4-6-10-13-18(3)15-16(14-17-5-2)11-8-7-9-12-16/h17H,4-15H2,1-3H3. The molecule has 0 heterocycles. The van der Waals surface area contributed by atoms with Gasteiger partial charge in [0.2, 0.25) is 0 Å². The maximum Gasteiger partial charge on any atom is 0.00471 e. The summed E-state index contributed by atoms with van der Waals surface area (Å²) in [6.07, 6.45) is 11.3. The van der Waals surface area contributed by atoms with E-state index in [-0.39, 0.29) is 0 Å². The first-order valence-electron chi connectivity index (χ1n) is 8.12. The summed E-state index contributed by atoms with van der Waals surface area (Å²) in [7, 11) is 2.32. The topological polar surface area (TPSA) is 15.3 Å². The predicted molar refractivity (Wildman–Crippen MR) is 81.1 cm³/mol. The monoisotopic (exact) mass is 254 g/mol. The predicted octanol–water partition coefficient (Wildman–Crippen LogP) is 3.67. The SMILES string of the molecule is CCCCCN(C)CC1(CNCC)CCCCC1. The Morgan fingerprint density at radius 1 is 1.06 bits per heavy atom. The molecule has 1 rings (SSSR count). The van der Waals surface area contributed by atoms with Crippen LogP contribution in [0.15, 0.2) is 0 Å². The van der Waals surface area contributed by atoms with Gasteiger partial charge >= 0.3 is 0 Å². The molecule has 0 amide bonds. The van der Waals surface area contributed by atoms with E-state index in [1.165, 1.54) is 71.0 Å². The molecule has 18 heavy (non-hydrogen) atoms. The Kier molecular flexibility index (Phi) is 7.92. The van der Waals surface area contributed by atoms with E-state index in [2.05, 4.69) is 31.1 Å². The molecule has 0 aliphatic heterocycles. The van der Waals surface area contributed by atoms with Crippen LogP contribution >= 0.6 is 0 Å².